The maximum Gasteiger partial charge on any atom is 0.242 e. The first-order valence-corrected chi connectivity index (χ1v) is 14.2. The van der Waals surface area contributed by atoms with E-state index >= 15 is 0 Å². The van der Waals surface area contributed by atoms with Crippen molar-refractivity contribution in [2.75, 3.05) is 0 Å². The van der Waals surface area contributed by atoms with Crippen molar-refractivity contribution < 1.29 is 40.1 Å². The second kappa shape index (κ2) is 11.8. The zero-order chi connectivity index (χ0) is 31.7. The Morgan fingerprint density at radius 3 is 1.27 bits per heavy atom. The first-order valence-electron chi connectivity index (χ1n) is 14.2. The van der Waals surface area contributed by atoms with Crippen LogP contribution < -0.4 is 9.47 Å². The van der Waals surface area contributed by atoms with Gasteiger partial charge in [-0.1, -0.05) is 67.6 Å². The van der Waals surface area contributed by atoms with E-state index < -0.39 is 40.9 Å². The Bertz CT molecular complexity index is 1820. The number of ether oxygens (including phenoxy) is 2. The van der Waals surface area contributed by atoms with Crippen LogP contribution in [0.1, 0.15) is 30.4 Å². The fraction of sp³-hybridized carbons (Fsp3) is 0.0857. The largest absolute Gasteiger partial charge is 0.503 e. The lowest BCUT2D eigenvalue weighted by Crippen LogP contribution is -2.09. The molecule has 0 fully saturated rings. The topological polar surface area (TPSA) is 150 Å². The minimum Gasteiger partial charge on any atom is -0.503 e. The molecule has 228 valence electrons. The molecule has 0 aliphatic rings. The van der Waals surface area contributed by atoms with E-state index in [1.165, 1.54) is 0 Å². The molecule has 0 aliphatic carbocycles. The second-order valence-electron chi connectivity index (χ2n) is 10.3. The number of para-hydroxylation sites is 4. The Kier molecular flexibility index (Phi) is 7.62. The molecule has 0 unspecified atom stereocenters. The van der Waals surface area contributed by atoms with Gasteiger partial charge in [-0.3, -0.25) is 0 Å². The molecular formula is C35H30N2O8. The lowest BCUT2D eigenvalue weighted by Gasteiger charge is -2.26. The van der Waals surface area contributed by atoms with Gasteiger partial charge in [-0.25, -0.2) is 9.13 Å². The van der Waals surface area contributed by atoms with Crippen molar-refractivity contribution in [1.82, 2.24) is 9.13 Å². The molecule has 0 atom stereocenters. The van der Waals surface area contributed by atoms with Gasteiger partial charge in [0.25, 0.3) is 0 Å². The van der Waals surface area contributed by atoms with Gasteiger partial charge in [-0.15, -0.1) is 0 Å². The van der Waals surface area contributed by atoms with Gasteiger partial charge >= 0.3 is 0 Å². The van der Waals surface area contributed by atoms with Crippen LogP contribution in [0.2, 0.25) is 0 Å². The van der Waals surface area contributed by atoms with Gasteiger partial charge in [0.05, 0.1) is 11.4 Å². The fourth-order valence-electron chi connectivity index (χ4n) is 5.45. The summed E-state index contributed by atoms with van der Waals surface area (Å²) in [5, 5.41) is 63.1. The van der Waals surface area contributed by atoms with Gasteiger partial charge in [0, 0.05) is 29.2 Å². The minimum absolute atomic E-state index is 0.261. The van der Waals surface area contributed by atoms with E-state index in [1.807, 2.05) is 55.5 Å². The molecule has 6 rings (SSSR count). The monoisotopic (exact) mass is 606 g/mol. The molecule has 0 bridgehead atoms. The van der Waals surface area contributed by atoms with Gasteiger partial charge < -0.3 is 40.1 Å². The maximum atomic E-state index is 10.7. The molecule has 6 N–H and O–H groups in total. The highest BCUT2D eigenvalue weighted by Gasteiger charge is 2.29. The summed E-state index contributed by atoms with van der Waals surface area (Å²) in [6, 6.07) is 30.5. The SMILES string of the molecule is CCC(c1cccc(-n2c(O)cc(O)c2O)c1Oc1ccccc1)c1cccc(-n2c(O)cc(O)c2O)c1Oc1ccccc1. The molecule has 2 heterocycles. The minimum atomic E-state index is -0.566. The number of hydrogen-bond donors (Lipinski definition) is 6. The van der Waals surface area contributed by atoms with Crippen LogP contribution in [-0.4, -0.2) is 39.8 Å². The third kappa shape index (κ3) is 5.29. The molecular weight excluding hydrogens is 576 g/mol. The van der Waals surface area contributed by atoms with Gasteiger partial charge in [0.15, 0.2) is 23.0 Å². The molecule has 0 radical (unpaired) electrons. The normalized spacial score (nSPS) is 11.2. The smallest absolute Gasteiger partial charge is 0.242 e. The van der Waals surface area contributed by atoms with Crippen molar-refractivity contribution in [2.24, 2.45) is 0 Å². The molecule has 6 aromatic rings. The quantitative estimate of drug-likeness (QED) is 0.0984. The van der Waals surface area contributed by atoms with E-state index in [0.29, 0.717) is 29.0 Å². The standard InChI is InChI=1S/C35H30N2O8/c1-2-23(24-15-9-17-26(36-30(40)19-28(38)34(36)42)32(24)44-21-11-5-3-6-12-21)25-16-10-18-27(37-31(41)20-29(39)35(37)43)33(25)45-22-13-7-4-8-14-22/h3-20,23,38-43H,2H2,1H3. The van der Waals surface area contributed by atoms with Crippen LogP contribution in [0.25, 0.3) is 11.4 Å². The van der Waals surface area contributed by atoms with Crippen molar-refractivity contribution in [3.8, 4) is 69.4 Å². The molecule has 0 amide bonds. The Balaban J connectivity index is 1.61. The van der Waals surface area contributed by atoms with E-state index in [0.717, 1.165) is 21.3 Å². The van der Waals surface area contributed by atoms with Gasteiger partial charge in [-0.2, -0.15) is 0 Å². The van der Waals surface area contributed by atoms with Gasteiger partial charge in [0.1, 0.15) is 11.5 Å². The average Bonchev–Trinajstić information content (AvgIpc) is 3.45. The summed E-state index contributed by atoms with van der Waals surface area (Å²) in [6.07, 6.45) is 0.507. The fourth-order valence-corrected chi connectivity index (χ4v) is 5.45. The molecule has 45 heavy (non-hydrogen) atoms. The van der Waals surface area contributed by atoms with E-state index in [9.17, 15) is 30.6 Å². The highest BCUT2D eigenvalue weighted by Crippen LogP contribution is 2.49. The van der Waals surface area contributed by atoms with Crippen LogP contribution in [-0.2, 0) is 0 Å². The van der Waals surface area contributed by atoms with Crippen LogP contribution in [0.15, 0.2) is 109 Å². The lowest BCUT2D eigenvalue weighted by atomic mass is 9.87. The van der Waals surface area contributed by atoms with Crippen LogP contribution in [0.4, 0.5) is 0 Å². The predicted molar refractivity (Wildman–Crippen MR) is 167 cm³/mol. The first kappa shape index (κ1) is 28.9. The van der Waals surface area contributed by atoms with Crippen LogP contribution in [0.5, 0.6) is 58.0 Å². The number of aromatic nitrogens is 2. The molecule has 0 spiro atoms. The molecule has 10 heteroatoms. The number of benzene rings is 4. The Morgan fingerprint density at radius 2 is 0.933 bits per heavy atom. The van der Waals surface area contributed by atoms with E-state index in [2.05, 4.69) is 0 Å². The van der Waals surface area contributed by atoms with Gasteiger partial charge in [0.2, 0.25) is 23.5 Å². The summed E-state index contributed by atoms with van der Waals surface area (Å²) in [4.78, 5) is 0. The molecule has 0 aliphatic heterocycles. The number of rotatable bonds is 9. The Hall–Kier alpha value is -6.16. The van der Waals surface area contributed by atoms with E-state index in [4.69, 9.17) is 9.47 Å². The summed E-state index contributed by atoms with van der Waals surface area (Å²) in [5.41, 5.74) is 1.81. The maximum absolute atomic E-state index is 10.7. The molecule has 10 nitrogen and oxygen atoms in total. The molecule has 0 saturated carbocycles. The first-order chi connectivity index (χ1) is 21.8. The van der Waals surface area contributed by atoms with Crippen molar-refractivity contribution in [1.29, 1.82) is 0 Å². The predicted octanol–water partition coefficient (Wildman–Crippen LogP) is 7.63. The summed E-state index contributed by atoms with van der Waals surface area (Å²) in [5.74, 6) is -1.84. The summed E-state index contributed by atoms with van der Waals surface area (Å²) in [7, 11) is 0. The molecule has 0 saturated heterocycles. The van der Waals surface area contributed by atoms with Crippen molar-refractivity contribution in [3.05, 3.63) is 120 Å². The number of hydrogen-bond acceptors (Lipinski definition) is 8. The second-order valence-corrected chi connectivity index (χ2v) is 10.3. The van der Waals surface area contributed by atoms with E-state index in [-0.39, 0.29) is 22.9 Å². The third-order valence-electron chi connectivity index (χ3n) is 7.49. The van der Waals surface area contributed by atoms with Crippen LogP contribution in [0.3, 0.4) is 0 Å². The Morgan fingerprint density at radius 1 is 0.533 bits per heavy atom. The number of aromatic hydroxyl groups is 6. The zero-order valence-electron chi connectivity index (χ0n) is 24.1. The summed E-state index contributed by atoms with van der Waals surface area (Å²) < 4.78 is 15.1. The lowest BCUT2D eigenvalue weighted by molar-refractivity contribution is 0.374. The highest BCUT2D eigenvalue weighted by molar-refractivity contribution is 5.65. The van der Waals surface area contributed by atoms with Gasteiger partial charge in [-0.05, 0) is 42.8 Å². The Labute approximate surface area is 258 Å². The van der Waals surface area contributed by atoms with Crippen LogP contribution in [0, 0.1) is 0 Å². The van der Waals surface area contributed by atoms with Crippen LogP contribution >= 0.6 is 0 Å². The number of nitrogens with zero attached hydrogens (tertiary/aromatic N) is 2. The summed E-state index contributed by atoms with van der Waals surface area (Å²) >= 11 is 0. The van der Waals surface area contributed by atoms with Crippen molar-refractivity contribution >= 4 is 0 Å². The van der Waals surface area contributed by atoms with Crippen molar-refractivity contribution in [3.63, 3.8) is 0 Å². The highest BCUT2D eigenvalue weighted by atomic mass is 16.5. The van der Waals surface area contributed by atoms with Crippen molar-refractivity contribution in [2.45, 2.75) is 19.3 Å². The summed E-state index contributed by atoms with van der Waals surface area (Å²) in [6.45, 7) is 1.97. The molecule has 2 aromatic heterocycles. The third-order valence-corrected chi connectivity index (χ3v) is 7.49. The van der Waals surface area contributed by atoms with E-state index in [1.54, 1.807) is 48.5 Å². The average molecular weight is 607 g/mol. The molecule has 4 aromatic carbocycles. The zero-order valence-corrected chi connectivity index (χ0v) is 24.1.